The van der Waals surface area contributed by atoms with Gasteiger partial charge >= 0.3 is 6.18 Å². The normalized spacial score (nSPS) is 20.7. The maximum Gasteiger partial charge on any atom is 0.412 e. The van der Waals surface area contributed by atoms with Crippen LogP contribution in [0.2, 0.25) is 0 Å². The van der Waals surface area contributed by atoms with Crippen LogP contribution in [0.25, 0.3) is 0 Å². The van der Waals surface area contributed by atoms with Gasteiger partial charge < -0.3 is 5.32 Å². The van der Waals surface area contributed by atoms with E-state index in [9.17, 15) is 13.2 Å². The number of likely N-dealkylation sites (N-methyl/N-ethyl adjacent to an activating group) is 1. The number of rotatable bonds is 4. The first-order chi connectivity index (χ1) is 7.45. The smallest absolute Gasteiger partial charge is 0.315 e. The molecule has 1 atom stereocenters. The molecule has 16 heavy (non-hydrogen) atoms. The van der Waals surface area contributed by atoms with E-state index in [1.165, 1.54) is 6.08 Å². The molecule has 0 amide bonds. The van der Waals surface area contributed by atoms with E-state index in [0.717, 1.165) is 13.1 Å². The second-order valence-corrected chi connectivity index (χ2v) is 4.13. The van der Waals surface area contributed by atoms with Crippen LogP contribution in [0, 0.1) is 0 Å². The Kier molecular flexibility index (Phi) is 4.80. The molecule has 1 aliphatic heterocycles. The zero-order valence-electron chi connectivity index (χ0n) is 9.77. The van der Waals surface area contributed by atoms with Crippen molar-refractivity contribution in [2.75, 3.05) is 26.2 Å². The minimum absolute atomic E-state index is 0.111. The third-order valence-electron chi connectivity index (χ3n) is 2.92. The van der Waals surface area contributed by atoms with Gasteiger partial charge in [0, 0.05) is 31.2 Å². The van der Waals surface area contributed by atoms with Crippen LogP contribution in [-0.2, 0) is 0 Å². The van der Waals surface area contributed by atoms with Crippen LogP contribution in [0.1, 0.15) is 20.3 Å². The number of halogens is 3. The average Bonchev–Trinajstić information content (AvgIpc) is 2.25. The molecule has 0 fully saturated rings. The zero-order valence-corrected chi connectivity index (χ0v) is 9.77. The number of nitrogens with zero attached hydrogens (tertiary/aromatic N) is 1. The molecule has 0 spiro atoms. The molecule has 5 heteroatoms. The van der Waals surface area contributed by atoms with Gasteiger partial charge in [0.2, 0.25) is 0 Å². The molecule has 1 heterocycles. The molecule has 0 aliphatic carbocycles. The summed E-state index contributed by atoms with van der Waals surface area (Å²) in [5.74, 6) is 0. The Morgan fingerprint density at radius 3 is 2.62 bits per heavy atom. The lowest BCUT2D eigenvalue weighted by atomic mass is 10.1. The van der Waals surface area contributed by atoms with E-state index in [1.807, 2.05) is 13.8 Å². The zero-order chi connectivity index (χ0) is 12.2. The lowest BCUT2D eigenvalue weighted by Gasteiger charge is -2.32. The summed E-state index contributed by atoms with van der Waals surface area (Å²) in [6.45, 7) is 6.67. The van der Waals surface area contributed by atoms with Gasteiger partial charge in [-0.05, 0) is 19.9 Å². The second kappa shape index (κ2) is 5.68. The van der Waals surface area contributed by atoms with Gasteiger partial charge in [-0.15, -0.1) is 0 Å². The van der Waals surface area contributed by atoms with Crippen molar-refractivity contribution in [1.29, 1.82) is 0 Å². The van der Waals surface area contributed by atoms with E-state index < -0.39 is 6.18 Å². The Labute approximate surface area is 94.5 Å². The summed E-state index contributed by atoms with van der Waals surface area (Å²) >= 11 is 0. The fourth-order valence-electron chi connectivity index (χ4n) is 1.82. The summed E-state index contributed by atoms with van der Waals surface area (Å²) in [6, 6.07) is 0.283. The van der Waals surface area contributed by atoms with Crippen molar-refractivity contribution >= 4 is 0 Å². The fraction of sp³-hybridized carbons (Fsp3) is 0.818. The van der Waals surface area contributed by atoms with Gasteiger partial charge in [0.15, 0.2) is 0 Å². The van der Waals surface area contributed by atoms with Crippen molar-refractivity contribution in [2.24, 2.45) is 0 Å². The van der Waals surface area contributed by atoms with Crippen LogP contribution in [0.3, 0.4) is 0 Å². The topological polar surface area (TPSA) is 15.3 Å². The average molecular weight is 236 g/mol. The van der Waals surface area contributed by atoms with Crippen LogP contribution in [0.15, 0.2) is 11.6 Å². The highest BCUT2D eigenvalue weighted by molar-refractivity contribution is 5.13. The van der Waals surface area contributed by atoms with E-state index in [-0.39, 0.29) is 18.0 Å². The molecule has 94 valence electrons. The van der Waals surface area contributed by atoms with Crippen molar-refractivity contribution < 1.29 is 13.2 Å². The summed E-state index contributed by atoms with van der Waals surface area (Å²) in [4.78, 5) is 2.07. The molecule has 0 bridgehead atoms. The number of hydrogen-bond acceptors (Lipinski definition) is 2. The Morgan fingerprint density at radius 2 is 2.19 bits per heavy atom. The Morgan fingerprint density at radius 1 is 1.50 bits per heavy atom. The van der Waals surface area contributed by atoms with Crippen molar-refractivity contribution in [2.45, 2.75) is 32.5 Å². The molecular formula is C11H19F3N2. The molecule has 1 N–H and O–H groups in total. The van der Waals surface area contributed by atoms with E-state index in [0.29, 0.717) is 13.1 Å². The predicted octanol–water partition coefficient (Wildman–Crippen LogP) is 2.18. The summed E-state index contributed by atoms with van der Waals surface area (Å²) in [6.07, 6.45) is -2.72. The summed E-state index contributed by atoms with van der Waals surface area (Å²) in [5.41, 5.74) is -0.376. The van der Waals surface area contributed by atoms with Gasteiger partial charge in [-0.25, -0.2) is 0 Å². The highest BCUT2D eigenvalue weighted by atomic mass is 19.4. The Bertz CT molecular complexity index is 248. The van der Waals surface area contributed by atoms with E-state index in [2.05, 4.69) is 10.2 Å². The number of hydrogen-bond donors (Lipinski definition) is 1. The van der Waals surface area contributed by atoms with Gasteiger partial charge in [0.1, 0.15) is 0 Å². The fourth-order valence-corrected chi connectivity index (χ4v) is 1.82. The Hall–Kier alpha value is -0.550. The second-order valence-electron chi connectivity index (χ2n) is 4.13. The largest absolute Gasteiger partial charge is 0.412 e. The van der Waals surface area contributed by atoms with E-state index in [1.54, 1.807) is 0 Å². The van der Waals surface area contributed by atoms with E-state index >= 15 is 0 Å². The summed E-state index contributed by atoms with van der Waals surface area (Å²) in [5, 5.41) is 3.20. The van der Waals surface area contributed by atoms with Crippen LogP contribution >= 0.6 is 0 Å². The van der Waals surface area contributed by atoms with E-state index in [4.69, 9.17) is 0 Å². The van der Waals surface area contributed by atoms with Gasteiger partial charge in [0.05, 0.1) is 0 Å². The molecule has 0 aromatic carbocycles. The SMILES string of the molecule is CCNCC(C)N1CC=C(C(F)(F)F)CC1. The first kappa shape index (κ1) is 13.5. The predicted molar refractivity (Wildman–Crippen MR) is 58.3 cm³/mol. The van der Waals surface area contributed by atoms with Crippen molar-refractivity contribution in [3.63, 3.8) is 0 Å². The van der Waals surface area contributed by atoms with Crippen LogP contribution in [0.5, 0.6) is 0 Å². The molecule has 0 radical (unpaired) electrons. The first-order valence-corrected chi connectivity index (χ1v) is 5.66. The maximum absolute atomic E-state index is 12.4. The standard InChI is InChI=1S/C11H19F3N2/c1-3-15-8-9(2)16-6-4-10(5-7-16)11(12,13)14/h4,9,15H,3,5-8H2,1-2H3. The van der Waals surface area contributed by atoms with Gasteiger partial charge in [-0.3, -0.25) is 4.90 Å². The third kappa shape index (κ3) is 3.79. The molecule has 1 rings (SSSR count). The highest BCUT2D eigenvalue weighted by Crippen LogP contribution is 2.30. The maximum atomic E-state index is 12.4. The molecule has 1 unspecified atom stereocenters. The third-order valence-corrected chi connectivity index (χ3v) is 2.92. The quantitative estimate of drug-likeness (QED) is 0.753. The van der Waals surface area contributed by atoms with Crippen molar-refractivity contribution in [3.05, 3.63) is 11.6 Å². The van der Waals surface area contributed by atoms with Gasteiger partial charge in [0.25, 0.3) is 0 Å². The van der Waals surface area contributed by atoms with Crippen LogP contribution in [0.4, 0.5) is 13.2 Å². The molecule has 1 aliphatic rings. The molecule has 0 saturated heterocycles. The molecule has 0 aromatic rings. The Balaban J connectivity index is 2.44. The molecule has 0 aromatic heterocycles. The lowest BCUT2D eigenvalue weighted by Crippen LogP contribution is -2.43. The van der Waals surface area contributed by atoms with Gasteiger partial charge in [-0.2, -0.15) is 13.2 Å². The highest BCUT2D eigenvalue weighted by Gasteiger charge is 2.35. The van der Waals surface area contributed by atoms with Crippen LogP contribution in [-0.4, -0.2) is 43.3 Å². The molecular weight excluding hydrogens is 217 g/mol. The molecule has 0 saturated carbocycles. The lowest BCUT2D eigenvalue weighted by molar-refractivity contribution is -0.0963. The summed E-state index contributed by atoms with van der Waals surface area (Å²) < 4.78 is 37.1. The van der Waals surface area contributed by atoms with Crippen molar-refractivity contribution in [1.82, 2.24) is 10.2 Å². The first-order valence-electron chi connectivity index (χ1n) is 5.66. The minimum Gasteiger partial charge on any atom is -0.315 e. The minimum atomic E-state index is -4.14. The number of nitrogens with one attached hydrogen (secondary N) is 1. The number of alkyl halides is 3. The van der Waals surface area contributed by atoms with Crippen LogP contribution < -0.4 is 5.32 Å². The molecule has 2 nitrogen and oxygen atoms in total. The monoisotopic (exact) mass is 236 g/mol. The van der Waals surface area contributed by atoms with Gasteiger partial charge in [-0.1, -0.05) is 13.0 Å². The summed E-state index contributed by atoms with van der Waals surface area (Å²) in [7, 11) is 0. The van der Waals surface area contributed by atoms with Crippen molar-refractivity contribution in [3.8, 4) is 0 Å².